The Balaban J connectivity index is 1.79. The van der Waals surface area contributed by atoms with Crippen molar-refractivity contribution in [3.05, 3.63) is 24.3 Å². The lowest BCUT2D eigenvalue weighted by Crippen LogP contribution is -2.38. The molecule has 4 heteroatoms. The number of carbonyl (C=O) groups is 1. The maximum Gasteiger partial charge on any atom is 0.222 e. The maximum absolute atomic E-state index is 11.5. The Kier molecular flexibility index (Phi) is 3.85. The third-order valence-corrected chi connectivity index (χ3v) is 2.96. The fourth-order valence-electron chi connectivity index (χ4n) is 1.98. The number of carbonyl (C=O) groups excluding carboxylic acids is 1. The molecule has 0 radical (unpaired) electrons. The molecular weight excluding hydrogens is 216 g/mol. The van der Waals surface area contributed by atoms with Gasteiger partial charge < -0.3 is 15.4 Å². The van der Waals surface area contributed by atoms with Gasteiger partial charge in [-0.25, -0.2) is 0 Å². The first kappa shape index (κ1) is 11.8. The molecule has 0 bridgehead atoms. The Labute approximate surface area is 101 Å². The minimum absolute atomic E-state index is 0.237. The number of amides is 1. The fourth-order valence-corrected chi connectivity index (χ4v) is 1.98. The molecular formula is C13H18N2O2. The number of benzene rings is 1. The van der Waals surface area contributed by atoms with E-state index in [1.807, 2.05) is 23.1 Å². The lowest BCUT2D eigenvalue weighted by atomic mass is 10.1. The molecule has 0 aliphatic carbocycles. The zero-order valence-electron chi connectivity index (χ0n) is 9.89. The highest BCUT2D eigenvalue weighted by Gasteiger charge is 2.17. The molecule has 1 aromatic carbocycles. The SMILES string of the molecule is Nc1ccccc1OCCN1CCCCC1=O. The van der Waals surface area contributed by atoms with E-state index in [9.17, 15) is 4.79 Å². The van der Waals surface area contributed by atoms with Crippen molar-refractivity contribution in [2.24, 2.45) is 0 Å². The van der Waals surface area contributed by atoms with Crippen LogP contribution in [0.3, 0.4) is 0 Å². The van der Waals surface area contributed by atoms with Crippen molar-refractivity contribution >= 4 is 11.6 Å². The number of piperidine rings is 1. The Hall–Kier alpha value is -1.71. The molecule has 1 heterocycles. The summed E-state index contributed by atoms with van der Waals surface area (Å²) in [5.74, 6) is 0.929. The number of nitrogens with zero attached hydrogens (tertiary/aromatic N) is 1. The van der Waals surface area contributed by atoms with Crippen LogP contribution < -0.4 is 10.5 Å². The standard InChI is InChI=1S/C13H18N2O2/c14-11-5-1-2-6-12(11)17-10-9-15-8-4-3-7-13(15)16/h1-2,5-6H,3-4,7-10,14H2. The molecule has 2 N–H and O–H groups in total. The minimum atomic E-state index is 0.237. The van der Waals surface area contributed by atoms with Crippen LogP contribution in [0.5, 0.6) is 5.75 Å². The number of likely N-dealkylation sites (tertiary alicyclic amines) is 1. The zero-order valence-corrected chi connectivity index (χ0v) is 9.89. The van der Waals surface area contributed by atoms with Crippen molar-refractivity contribution in [2.45, 2.75) is 19.3 Å². The van der Waals surface area contributed by atoms with Gasteiger partial charge >= 0.3 is 0 Å². The summed E-state index contributed by atoms with van der Waals surface area (Å²) in [6, 6.07) is 7.41. The molecule has 1 aromatic rings. The van der Waals surface area contributed by atoms with Gasteiger partial charge in [0.05, 0.1) is 12.2 Å². The quantitative estimate of drug-likeness (QED) is 0.806. The van der Waals surface area contributed by atoms with E-state index >= 15 is 0 Å². The maximum atomic E-state index is 11.5. The lowest BCUT2D eigenvalue weighted by molar-refractivity contribution is -0.133. The molecule has 1 saturated heterocycles. The van der Waals surface area contributed by atoms with E-state index < -0.39 is 0 Å². The molecule has 1 fully saturated rings. The van der Waals surface area contributed by atoms with E-state index in [0.717, 1.165) is 19.4 Å². The minimum Gasteiger partial charge on any atom is -0.490 e. The van der Waals surface area contributed by atoms with Gasteiger partial charge in [0.2, 0.25) is 5.91 Å². The van der Waals surface area contributed by atoms with Gasteiger partial charge in [-0.1, -0.05) is 12.1 Å². The first-order chi connectivity index (χ1) is 8.27. The predicted octanol–water partition coefficient (Wildman–Crippen LogP) is 1.66. The van der Waals surface area contributed by atoms with Gasteiger partial charge in [0, 0.05) is 13.0 Å². The summed E-state index contributed by atoms with van der Waals surface area (Å²) in [5.41, 5.74) is 6.40. The summed E-state index contributed by atoms with van der Waals surface area (Å²) in [7, 11) is 0. The summed E-state index contributed by atoms with van der Waals surface area (Å²) in [5, 5.41) is 0. The molecule has 2 rings (SSSR count). The molecule has 0 saturated carbocycles. The molecule has 1 aliphatic heterocycles. The van der Waals surface area contributed by atoms with Crippen molar-refractivity contribution in [1.29, 1.82) is 0 Å². The summed E-state index contributed by atoms with van der Waals surface area (Å²) in [6.45, 7) is 2.00. The van der Waals surface area contributed by atoms with Crippen molar-refractivity contribution < 1.29 is 9.53 Å². The van der Waals surface area contributed by atoms with Crippen LogP contribution in [-0.2, 0) is 4.79 Å². The molecule has 4 nitrogen and oxygen atoms in total. The smallest absolute Gasteiger partial charge is 0.222 e. The van der Waals surface area contributed by atoms with Gasteiger partial charge in [-0.2, -0.15) is 0 Å². The van der Waals surface area contributed by atoms with Crippen LogP contribution in [0, 0.1) is 0 Å². The zero-order chi connectivity index (χ0) is 12.1. The molecule has 0 spiro atoms. The van der Waals surface area contributed by atoms with Gasteiger partial charge in [0.25, 0.3) is 0 Å². The number of para-hydroxylation sites is 2. The van der Waals surface area contributed by atoms with E-state index in [4.69, 9.17) is 10.5 Å². The number of anilines is 1. The van der Waals surface area contributed by atoms with Crippen molar-refractivity contribution in [2.75, 3.05) is 25.4 Å². The van der Waals surface area contributed by atoms with E-state index in [1.54, 1.807) is 6.07 Å². The summed E-state index contributed by atoms with van der Waals surface area (Å²) in [6.07, 6.45) is 2.79. The predicted molar refractivity (Wildman–Crippen MR) is 66.8 cm³/mol. The van der Waals surface area contributed by atoms with E-state index in [2.05, 4.69) is 0 Å². The number of nitrogens with two attached hydrogens (primary N) is 1. The topological polar surface area (TPSA) is 55.6 Å². The Morgan fingerprint density at radius 3 is 2.88 bits per heavy atom. The number of nitrogen functional groups attached to an aromatic ring is 1. The molecule has 1 amide bonds. The second-order valence-corrected chi connectivity index (χ2v) is 4.22. The fraction of sp³-hybridized carbons (Fsp3) is 0.462. The summed E-state index contributed by atoms with van der Waals surface area (Å²) in [4.78, 5) is 13.4. The van der Waals surface area contributed by atoms with Crippen LogP contribution in [0.15, 0.2) is 24.3 Å². The van der Waals surface area contributed by atoms with E-state index in [-0.39, 0.29) is 5.91 Å². The van der Waals surface area contributed by atoms with Crippen molar-refractivity contribution in [3.8, 4) is 5.75 Å². The summed E-state index contributed by atoms with van der Waals surface area (Å²) >= 11 is 0. The third kappa shape index (κ3) is 3.12. The van der Waals surface area contributed by atoms with Gasteiger partial charge in [-0.15, -0.1) is 0 Å². The van der Waals surface area contributed by atoms with Gasteiger partial charge in [-0.05, 0) is 25.0 Å². The molecule has 17 heavy (non-hydrogen) atoms. The number of ether oxygens (including phenoxy) is 1. The summed E-state index contributed by atoms with van der Waals surface area (Å²) < 4.78 is 5.57. The molecule has 92 valence electrons. The number of hydrogen-bond acceptors (Lipinski definition) is 3. The van der Waals surface area contributed by atoms with Gasteiger partial charge in [-0.3, -0.25) is 4.79 Å². The van der Waals surface area contributed by atoms with E-state index in [1.165, 1.54) is 0 Å². The van der Waals surface area contributed by atoms with Gasteiger partial charge in [0.15, 0.2) is 0 Å². The van der Waals surface area contributed by atoms with Gasteiger partial charge in [0.1, 0.15) is 12.4 Å². The normalized spacial score (nSPS) is 16.0. The lowest BCUT2D eigenvalue weighted by Gasteiger charge is -2.26. The van der Waals surface area contributed by atoms with Crippen LogP contribution in [0.4, 0.5) is 5.69 Å². The monoisotopic (exact) mass is 234 g/mol. The Morgan fingerprint density at radius 1 is 1.29 bits per heavy atom. The highest BCUT2D eigenvalue weighted by Crippen LogP contribution is 2.19. The Bertz CT molecular complexity index is 393. The van der Waals surface area contributed by atoms with Crippen LogP contribution >= 0.6 is 0 Å². The molecule has 0 unspecified atom stereocenters. The third-order valence-electron chi connectivity index (χ3n) is 2.96. The largest absolute Gasteiger partial charge is 0.490 e. The highest BCUT2D eigenvalue weighted by molar-refractivity contribution is 5.76. The number of hydrogen-bond donors (Lipinski definition) is 1. The number of rotatable bonds is 4. The van der Waals surface area contributed by atoms with Crippen molar-refractivity contribution in [1.82, 2.24) is 4.90 Å². The second kappa shape index (κ2) is 5.57. The molecule has 0 aromatic heterocycles. The highest BCUT2D eigenvalue weighted by atomic mass is 16.5. The van der Waals surface area contributed by atoms with Crippen molar-refractivity contribution in [3.63, 3.8) is 0 Å². The van der Waals surface area contributed by atoms with Crippen LogP contribution in [0.2, 0.25) is 0 Å². The first-order valence-electron chi connectivity index (χ1n) is 6.02. The van der Waals surface area contributed by atoms with Crippen LogP contribution in [-0.4, -0.2) is 30.5 Å². The molecule has 1 aliphatic rings. The average Bonchev–Trinajstić information content (AvgIpc) is 2.34. The average molecular weight is 234 g/mol. The second-order valence-electron chi connectivity index (χ2n) is 4.22. The Morgan fingerprint density at radius 2 is 2.12 bits per heavy atom. The first-order valence-corrected chi connectivity index (χ1v) is 6.02. The van der Waals surface area contributed by atoms with E-state index in [0.29, 0.717) is 31.0 Å². The molecule has 0 atom stereocenters. The van der Waals surface area contributed by atoms with Crippen LogP contribution in [0.25, 0.3) is 0 Å². The van der Waals surface area contributed by atoms with Crippen LogP contribution in [0.1, 0.15) is 19.3 Å².